The number of esters is 1. The Morgan fingerprint density at radius 1 is 1.67 bits per heavy atom. The van der Waals surface area contributed by atoms with Crippen molar-refractivity contribution in [3.8, 4) is 0 Å². The van der Waals surface area contributed by atoms with E-state index in [0.717, 1.165) is 0 Å². The predicted molar refractivity (Wildman–Crippen MR) is 26.3 cm³/mol. The maximum absolute atomic E-state index is 9.90. The third kappa shape index (κ3) is 17.8. The van der Waals surface area contributed by atoms with Gasteiger partial charge in [0.25, 0.3) is 0 Å². The van der Waals surface area contributed by atoms with Crippen LogP contribution in [0.25, 0.3) is 0 Å². The molecule has 0 N–H and O–H groups in total. The van der Waals surface area contributed by atoms with E-state index in [4.69, 9.17) is 0 Å². The predicted octanol–water partition coefficient (Wildman–Crippen LogP) is -2.10. The van der Waals surface area contributed by atoms with E-state index in [-0.39, 0.29) is 42.4 Å². The van der Waals surface area contributed by atoms with E-state index in [1.165, 1.54) is 19.6 Å². The molecule has 49 valence electrons. The summed E-state index contributed by atoms with van der Waals surface area (Å²) in [6.45, 7) is 5.87. The third-order valence-corrected chi connectivity index (χ3v) is 0.330. The Balaban J connectivity index is -0.000000180. The minimum absolute atomic E-state index is 0. The van der Waals surface area contributed by atoms with Gasteiger partial charge in [0.2, 0.25) is 0 Å². The molecule has 0 fully saturated rings. The summed E-state index contributed by atoms with van der Waals surface area (Å²) in [5, 5.41) is 0. The van der Waals surface area contributed by atoms with E-state index in [1.807, 2.05) is 0 Å². The second-order valence-electron chi connectivity index (χ2n) is 0.981. The first-order valence-corrected chi connectivity index (χ1v) is 1.89. The number of rotatable bonds is 2. The van der Waals surface area contributed by atoms with Crippen molar-refractivity contribution >= 4 is 5.97 Å². The molecule has 0 aromatic carbocycles. The van der Waals surface area contributed by atoms with Gasteiger partial charge in [0.1, 0.15) is 0 Å². The smallest absolute Gasteiger partial charge is 0.303 e. The van der Waals surface area contributed by atoms with Gasteiger partial charge in [-0.25, -0.2) is 0 Å². The Morgan fingerprint density at radius 2 is 2.11 bits per heavy atom. The van der Waals surface area contributed by atoms with Crippen LogP contribution < -0.4 is 17.0 Å². The summed E-state index contributed by atoms with van der Waals surface area (Å²) in [5.74, 6) is -0.320. The first-order valence-electron chi connectivity index (χ1n) is 1.89. The molecular weight excluding hydrogens is 237 g/mol. The summed E-state index contributed by atoms with van der Waals surface area (Å²) in [4.78, 5) is 9.90. The first kappa shape index (κ1) is 16.1. The normalized spacial score (nSPS) is 5.89. The molecule has 0 bridgehead atoms. The average molecular weight is 244 g/mol. The van der Waals surface area contributed by atoms with Gasteiger partial charge < -0.3 is 21.7 Å². The first-order chi connectivity index (χ1) is 3.27. The molecule has 0 saturated carbocycles. The van der Waals surface area contributed by atoms with E-state index >= 15 is 0 Å². The fourth-order valence-electron chi connectivity index (χ4n) is 0.144. The SMILES string of the molecule is C=C[CH]OC(C)=O.[Br-].[Zn]. The Labute approximate surface area is 78.2 Å². The van der Waals surface area contributed by atoms with E-state index in [9.17, 15) is 4.79 Å². The van der Waals surface area contributed by atoms with Gasteiger partial charge in [-0.15, -0.1) is 0 Å². The van der Waals surface area contributed by atoms with Crippen molar-refractivity contribution in [1.82, 2.24) is 0 Å². The maximum Gasteiger partial charge on any atom is 0.303 e. The van der Waals surface area contributed by atoms with E-state index in [2.05, 4.69) is 11.3 Å². The van der Waals surface area contributed by atoms with Crippen molar-refractivity contribution in [1.29, 1.82) is 0 Å². The third-order valence-electron chi connectivity index (χ3n) is 0.330. The molecule has 0 amide bonds. The quantitative estimate of drug-likeness (QED) is 0.411. The topological polar surface area (TPSA) is 26.3 Å². The molecule has 0 aliphatic heterocycles. The van der Waals surface area contributed by atoms with Crippen molar-refractivity contribution in [2.45, 2.75) is 6.92 Å². The molecule has 0 aromatic heterocycles. The summed E-state index contributed by atoms with van der Waals surface area (Å²) < 4.78 is 4.31. The largest absolute Gasteiger partial charge is 1.00 e. The van der Waals surface area contributed by atoms with Crippen LogP contribution in [0.15, 0.2) is 12.7 Å². The van der Waals surface area contributed by atoms with Crippen LogP contribution in [0.3, 0.4) is 0 Å². The molecule has 2 nitrogen and oxygen atoms in total. The second kappa shape index (κ2) is 11.2. The molecule has 4 heteroatoms. The Kier molecular flexibility index (Phi) is 20.0. The molecular formula is C5H7BrO2Zn-. The van der Waals surface area contributed by atoms with Crippen LogP contribution in [-0.4, -0.2) is 5.97 Å². The number of hydrogen-bond donors (Lipinski definition) is 0. The maximum atomic E-state index is 9.90. The molecule has 0 heterocycles. The molecule has 0 aromatic rings. The number of hydrogen-bond acceptors (Lipinski definition) is 2. The van der Waals surface area contributed by atoms with Crippen molar-refractivity contribution in [3.63, 3.8) is 0 Å². The second-order valence-corrected chi connectivity index (χ2v) is 0.981. The van der Waals surface area contributed by atoms with Gasteiger partial charge in [-0.2, -0.15) is 0 Å². The molecule has 0 spiro atoms. The number of carbonyl (C=O) groups is 1. The van der Waals surface area contributed by atoms with Gasteiger partial charge in [0, 0.05) is 26.4 Å². The van der Waals surface area contributed by atoms with Crippen LogP contribution in [0.4, 0.5) is 0 Å². The summed E-state index contributed by atoms with van der Waals surface area (Å²) in [5.41, 5.74) is 0. The minimum atomic E-state index is -0.320. The molecule has 0 atom stereocenters. The monoisotopic (exact) mass is 242 g/mol. The molecule has 0 unspecified atom stereocenters. The Bertz CT molecular complexity index is 85.0. The number of carbonyl (C=O) groups excluding carboxylic acids is 1. The van der Waals surface area contributed by atoms with E-state index < -0.39 is 0 Å². The Morgan fingerprint density at radius 3 is 2.22 bits per heavy atom. The van der Waals surface area contributed by atoms with Crippen molar-refractivity contribution in [3.05, 3.63) is 19.3 Å². The molecule has 1 radical (unpaired) electrons. The van der Waals surface area contributed by atoms with Crippen molar-refractivity contribution in [2.24, 2.45) is 0 Å². The van der Waals surface area contributed by atoms with Crippen LogP contribution in [0.5, 0.6) is 0 Å². The van der Waals surface area contributed by atoms with Gasteiger partial charge in [-0.3, -0.25) is 4.79 Å². The summed E-state index contributed by atoms with van der Waals surface area (Å²) in [7, 11) is 0. The zero-order valence-electron chi connectivity index (χ0n) is 5.26. The van der Waals surface area contributed by atoms with Crippen LogP contribution in [0, 0.1) is 6.61 Å². The standard InChI is InChI=1S/C5H7O2.BrH.Zn/c1-3-4-7-5(2)6;;/h3-4H,1H2,2H3;1H;/p-1. The minimum Gasteiger partial charge on any atom is -1.00 e. The Hall–Kier alpha value is 0.313. The van der Waals surface area contributed by atoms with E-state index in [1.54, 1.807) is 0 Å². The molecule has 0 aliphatic rings. The average Bonchev–Trinajstić information content (AvgIpc) is 1.61. The van der Waals surface area contributed by atoms with Gasteiger partial charge in [0.15, 0.2) is 6.61 Å². The van der Waals surface area contributed by atoms with Crippen molar-refractivity contribution < 1.29 is 46.0 Å². The van der Waals surface area contributed by atoms with Gasteiger partial charge in [0.05, 0.1) is 0 Å². The number of halogens is 1. The van der Waals surface area contributed by atoms with Crippen LogP contribution >= 0.6 is 0 Å². The summed E-state index contributed by atoms with van der Waals surface area (Å²) in [6.07, 6.45) is 1.40. The molecule has 9 heavy (non-hydrogen) atoms. The summed E-state index contributed by atoms with van der Waals surface area (Å²) in [6, 6.07) is 0. The van der Waals surface area contributed by atoms with E-state index in [0.29, 0.717) is 0 Å². The fourth-order valence-corrected chi connectivity index (χ4v) is 0.144. The molecule has 0 rings (SSSR count). The van der Waals surface area contributed by atoms with Crippen LogP contribution in [-0.2, 0) is 29.0 Å². The fraction of sp³-hybridized carbons (Fsp3) is 0.200. The van der Waals surface area contributed by atoms with Crippen LogP contribution in [0.1, 0.15) is 6.92 Å². The summed E-state index contributed by atoms with van der Waals surface area (Å²) >= 11 is 0. The van der Waals surface area contributed by atoms with Gasteiger partial charge >= 0.3 is 5.97 Å². The number of ether oxygens (including phenoxy) is 1. The molecule has 0 saturated heterocycles. The molecule has 0 aliphatic carbocycles. The van der Waals surface area contributed by atoms with Gasteiger partial charge in [-0.05, 0) is 6.08 Å². The van der Waals surface area contributed by atoms with Crippen molar-refractivity contribution in [2.75, 3.05) is 0 Å². The van der Waals surface area contributed by atoms with Gasteiger partial charge in [-0.1, -0.05) is 6.58 Å². The zero-order chi connectivity index (χ0) is 5.70. The van der Waals surface area contributed by atoms with Crippen LogP contribution in [0.2, 0.25) is 0 Å². The zero-order valence-corrected chi connectivity index (χ0v) is 9.82.